The fraction of sp³-hybridized carbons (Fsp3) is 1.00. The highest BCUT2D eigenvalue weighted by Crippen LogP contribution is 2.23. The van der Waals surface area contributed by atoms with E-state index < -0.39 is 15.6 Å². The number of likely N-dealkylation sites (N-methyl/N-ethyl adjacent to an activating group) is 1. The number of nitrogens with two attached hydrogens (primary N) is 1. The Kier molecular flexibility index (Phi) is 5.93. The molecule has 0 heterocycles. The summed E-state index contributed by atoms with van der Waals surface area (Å²) in [6.45, 7) is 10.4. The normalized spacial score (nSPS) is 16.8. The van der Waals surface area contributed by atoms with Gasteiger partial charge in [0.05, 0.1) is 5.75 Å². The Morgan fingerprint density at radius 2 is 1.81 bits per heavy atom. The predicted octanol–water partition coefficient (Wildman–Crippen LogP) is 1.42. The molecule has 0 rings (SSSR count). The highest BCUT2D eigenvalue weighted by molar-refractivity contribution is 7.89. The number of sulfonamides is 1. The Bertz CT molecular complexity index is 295. The number of nitrogens with zero attached hydrogens (tertiary/aromatic N) is 1. The lowest BCUT2D eigenvalue weighted by molar-refractivity contribution is 0.213. The molecule has 1 atom stereocenters. The van der Waals surface area contributed by atoms with Crippen molar-refractivity contribution < 1.29 is 8.42 Å². The molecule has 0 aliphatic heterocycles. The van der Waals surface area contributed by atoms with Gasteiger partial charge in [0.15, 0.2) is 0 Å². The van der Waals surface area contributed by atoms with Crippen molar-refractivity contribution in [2.75, 3.05) is 18.8 Å². The van der Waals surface area contributed by atoms with Crippen LogP contribution in [0.25, 0.3) is 0 Å². The Morgan fingerprint density at radius 3 is 2.06 bits per heavy atom. The van der Waals surface area contributed by atoms with Crippen LogP contribution in [0.15, 0.2) is 0 Å². The molecular formula is C11H26N2O2S. The van der Waals surface area contributed by atoms with E-state index in [-0.39, 0.29) is 11.7 Å². The summed E-state index contributed by atoms with van der Waals surface area (Å²) in [6, 6.07) is 0. The van der Waals surface area contributed by atoms with Crippen molar-refractivity contribution in [2.45, 2.75) is 46.6 Å². The second kappa shape index (κ2) is 5.98. The van der Waals surface area contributed by atoms with E-state index in [9.17, 15) is 8.42 Å². The van der Waals surface area contributed by atoms with Crippen LogP contribution in [0, 0.1) is 5.92 Å². The molecule has 0 saturated carbocycles. The van der Waals surface area contributed by atoms with Gasteiger partial charge in [-0.25, -0.2) is 8.42 Å². The van der Waals surface area contributed by atoms with E-state index in [0.29, 0.717) is 13.1 Å². The third-order valence-electron chi connectivity index (χ3n) is 2.97. The highest BCUT2D eigenvalue weighted by atomic mass is 32.2. The lowest BCUT2D eigenvalue weighted by Crippen LogP contribution is -2.54. The average Bonchev–Trinajstić information content (AvgIpc) is 2.15. The largest absolute Gasteiger partial charge is 0.329 e. The summed E-state index contributed by atoms with van der Waals surface area (Å²) in [6.07, 6.45) is 0.731. The summed E-state index contributed by atoms with van der Waals surface area (Å²) >= 11 is 0. The summed E-state index contributed by atoms with van der Waals surface area (Å²) < 4.78 is 26.0. The van der Waals surface area contributed by atoms with Crippen molar-refractivity contribution in [3.8, 4) is 0 Å². The molecular weight excluding hydrogens is 224 g/mol. The van der Waals surface area contributed by atoms with Crippen LogP contribution in [0.5, 0.6) is 0 Å². The molecule has 0 aliphatic carbocycles. The van der Waals surface area contributed by atoms with Crippen LogP contribution in [0.1, 0.15) is 41.0 Å². The van der Waals surface area contributed by atoms with Crippen molar-refractivity contribution in [2.24, 2.45) is 11.7 Å². The van der Waals surface area contributed by atoms with Crippen molar-refractivity contribution in [1.29, 1.82) is 0 Å². The second-order valence-electron chi connectivity index (χ2n) is 4.89. The Balaban J connectivity index is 5.13. The molecule has 0 aliphatic rings. The minimum Gasteiger partial charge on any atom is -0.329 e. The van der Waals surface area contributed by atoms with Crippen LogP contribution in [-0.4, -0.2) is 37.1 Å². The fourth-order valence-electron chi connectivity index (χ4n) is 1.85. The molecule has 0 aromatic heterocycles. The van der Waals surface area contributed by atoms with Gasteiger partial charge in [0, 0.05) is 18.6 Å². The molecule has 0 saturated heterocycles. The summed E-state index contributed by atoms with van der Waals surface area (Å²) in [5, 5.41) is 0. The predicted molar refractivity (Wildman–Crippen MR) is 68.8 cm³/mol. The fourth-order valence-corrected chi connectivity index (χ4v) is 4.14. The van der Waals surface area contributed by atoms with Gasteiger partial charge in [0.25, 0.3) is 0 Å². The number of hydrogen-bond donors (Lipinski definition) is 1. The van der Waals surface area contributed by atoms with Gasteiger partial charge in [-0.1, -0.05) is 27.7 Å². The zero-order valence-electron chi connectivity index (χ0n) is 11.2. The lowest BCUT2D eigenvalue weighted by atomic mass is 9.99. The molecule has 4 nitrogen and oxygen atoms in total. The molecule has 2 N–H and O–H groups in total. The quantitative estimate of drug-likeness (QED) is 0.743. The van der Waals surface area contributed by atoms with Gasteiger partial charge in [0.1, 0.15) is 0 Å². The molecule has 98 valence electrons. The van der Waals surface area contributed by atoms with E-state index in [1.165, 1.54) is 0 Å². The van der Waals surface area contributed by atoms with Gasteiger partial charge in [-0.15, -0.1) is 0 Å². The first-order valence-electron chi connectivity index (χ1n) is 5.94. The number of rotatable bonds is 7. The van der Waals surface area contributed by atoms with Gasteiger partial charge < -0.3 is 5.73 Å². The van der Waals surface area contributed by atoms with Crippen LogP contribution < -0.4 is 5.73 Å². The first kappa shape index (κ1) is 15.9. The smallest absolute Gasteiger partial charge is 0.214 e. The summed E-state index contributed by atoms with van der Waals surface area (Å²) in [7, 11) is -3.20. The third kappa shape index (κ3) is 3.71. The molecule has 0 aromatic carbocycles. The Morgan fingerprint density at radius 1 is 1.31 bits per heavy atom. The minimum absolute atomic E-state index is 0.137. The molecule has 5 heteroatoms. The Labute approximate surface area is 100 Å². The first-order valence-corrected chi connectivity index (χ1v) is 7.55. The van der Waals surface area contributed by atoms with Gasteiger partial charge in [-0.3, -0.25) is 0 Å². The molecule has 0 spiro atoms. The monoisotopic (exact) mass is 250 g/mol. The van der Waals surface area contributed by atoms with Gasteiger partial charge in [0.2, 0.25) is 10.0 Å². The summed E-state index contributed by atoms with van der Waals surface area (Å²) in [5.74, 6) is 0.328. The van der Waals surface area contributed by atoms with E-state index in [4.69, 9.17) is 5.73 Å². The zero-order valence-corrected chi connectivity index (χ0v) is 12.0. The van der Waals surface area contributed by atoms with Gasteiger partial charge in [-0.05, 0) is 19.3 Å². The standard InChI is InChI=1S/C11H26N2O2S/c1-6-11(5,9-12)13(7-2)16(14,15)8-10(3)4/h10H,6-9,12H2,1-5H3. The molecule has 0 bridgehead atoms. The average molecular weight is 250 g/mol. The van der Waals surface area contributed by atoms with E-state index in [1.54, 1.807) is 4.31 Å². The molecule has 0 radical (unpaired) electrons. The Hall–Kier alpha value is -0.130. The summed E-state index contributed by atoms with van der Waals surface area (Å²) in [4.78, 5) is 0. The maximum absolute atomic E-state index is 12.2. The topological polar surface area (TPSA) is 63.4 Å². The van der Waals surface area contributed by atoms with Gasteiger partial charge >= 0.3 is 0 Å². The molecule has 16 heavy (non-hydrogen) atoms. The van der Waals surface area contributed by atoms with Crippen LogP contribution >= 0.6 is 0 Å². The van der Waals surface area contributed by atoms with Crippen LogP contribution in [0.3, 0.4) is 0 Å². The van der Waals surface area contributed by atoms with E-state index >= 15 is 0 Å². The van der Waals surface area contributed by atoms with Crippen molar-refractivity contribution in [3.63, 3.8) is 0 Å². The SMILES string of the molecule is CCN(C(C)(CC)CN)S(=O)(=O)CC(C)C. The van der Waals surface area contributed by atoms with Crippen LogP contribution in [0.4, 0.5) is 0 Å². The van der Waals surface area contributed by atoms with E-state index in [0.717, 1.165) is 6.42 Å². The zero-order chi connectivity index (χ0) is 13.0. The van der Waals surface area contributed by atoms with Crippen molar-refractivity contribution >= 4 is 10.0 Å². The van der Waals surface area contributed by atoms with Crippen LogP contribution in [0.2, 0.25) is 0 Å². The molecule has 0 aromatic rings. The van der Waals surface area contributed by atoms with Gasteiger partial charge in [-0.2, -0.15) is 4.31 Å². The molecule has 1 unspecified atom stereocenters. The van der Waals surface area contributed by atoms with E-state index in [1.807, 2.05) is 34.6 Å². The van der Waals surface area contributed by atoms with E-state index in [2.05, 4.69) is 0 Å². The van der Waals surface area contributed by atoms with Crippen molar-refractivity contribution in [1.82, 2.24) is 4.31 Å². The minimum atomic E-state index is -3.20. The highest BCUT2D eigenvalue weighted by Gasteiger charge is 2.36. The molecule has 0 fully saturated rings. The molecule has 0 amide bonds. The lowest BCUT2D eigenvalue weighted by Gasteiger charge is -2.38. The summed E-state index contributed by atoms with van der Waals surface area (Å²) in [5.41, 5.74) is 5.26. The maximum Gasteiger partial charge on any atom is 0.214 e. The van der Waals surface area contributed by atoms with Crippen molar-refractivity contribution in [3.05, 3.63) is 0 Å². The van der Waals surface area contributed by atoms with Crippen LogP contribution in [-0.2, 0) is 10.0 Å². The number of hydrogen-bond acceptors (Lipinski definition) is 3. The first-order chi connectivity index (χ1) is 7.23. The maximum atomic E-state index is 12.2. The third-order valence-corrected chi connectivity index (χ3v) is 5.43. The second-order valence-corrected chi connectivity index (χ2v) is 6.83.